The van der Waals surface area contributed by atoms with Gasteiger partial charge in [0.15, 0.2) is 6.10 Å². The van der Waals surface area contributed by atoms with E-state index in [1.807, 2.05) is 0 Å². The lowest BCUT2D eigenvalue weighted by Crippen LogP contribution is -2.36. The molecule has 1 aromatic rings. The number of amides is 1. The van der Waals surface area contributed by atoms with E-state index in [0.717, 1.165) is 0 Å². The number of anilines is 1. The van der Waals surface area contributed by atoms with Crippen LogP contribution in [0.2, 0.25) is 0 Å². The molecule has 0 radical (unpaired) electrons. The van der Waals surface area contributed by atoms with Crippen LogP contribution in [0.15, 0.2) is 17.1 Å². The molecular weight excluding hydrogens is 434 g/mol. The van der Waals surface area contributed by atoms with Gasteiger partial charge in [0.05, 0.1) is 25.4 Å². The molecule has 1 saturated carbocycles. The topological polar surface area (TPSA) is 215 Å². The molecule has 2 rings (SSSR count). The van der Waals surface area contributed by atoms with Crippen LogP contribution in [0.5, 0.6) is 0 Å². The first-order valence-electron chi connectivity index (χ1n) is 9.59. The third-order valence-electron chi connectivity index (χ3n) is 4.73. The van der Waals surface area contributed by atoms with Gasteiger partial charge in [-0.2, -0.15) is 4.98 Å². The van der Waals surface area contributed by atoms with Gasteiger partial charge in [0.2, 0.25) is 5.91 Å². The molecule has 0 bridgehead atoms. The molecule has 4 atom stereocenters. The SMILES string of the molecule is O=C(O)CCC(=O)Nc1ccn(C2CC2C(O)C(COC(=O)CCC(=O)O)OO)c(=O)n1. The zero-order chi connectivity index (χ0) is 23.8. The number of carbonyl (C=O) groups excluding carboxylic acids is 2. The highest BCUT2D eigenvalue weighted by Crippen LogP contribution is 2.46. The van der Waals surface area contributed by atoms with Gasteiger partial charge in [-0.3, -0.25) is 29.0 Å². The maximum atomic E-state index is 12.2. The summed E-state index contributed by atoms with van der Waals surface area (Å²) >= 11 is 0. The van der Waals surface area contributed by atoms with Gasteiger partial charge in [-0.1, -0.05) is 0 Å². The number of carboxylic acids is 2. The van der Waals surface area contributed by atoms with E-state index in [9.17, 15) is 29.1 Å². The fourth-order valence-corrected chi connectivity index (χ4v) is 2.97. The summed E-state index contributed by atoms with van der Waals surface area (Å²) in [5.41, 5.74) is -0.720. The smallest absolute Gasteiger partial charge is 0.349 e. The highest BCUT2D eigenvalue weighted by atomic mass is 17.1. The highest BCUT2D eigenvalue weighted by Gasteiger charge is 2.48. The molecule has 4 unspecified atom stereocenters. The van der Waals surface area contributed by atoms with Gasteiger partial charge < -0.3 is 25.4 Å². The van der Waals surface area contributed by atoms with E-state index >= 15 is 0 Å². The number of esters is 1. The van der Waals surface area contributed by atoms with Crippen molar-refractivity contribution in [3.63, 3.8) is 0 Å². The number of ether oxygens (including phenoxy) is 1. The minimum absolute atomic E-state index is 0.0516. The molecule has 1 aliphatic rings. The first-order valence-corrected chi connectivity index (χ1v) is 9.59. The molecule has 0 spiro atoms. The Bertz CT molecular complexity index is 916. The van der Waals surface area contributed by atoms with Crippen molar-refractivity contribution in [1.82, 2.24) is 9.55 Å². The average molecular weight is 457 g/mol. The van der Waals surface area contributed by atoms with Gasteiger partial charge in [0, 0.05) is 24.6 Å². The molecule has 1 aromatic heterocycles. The molecular formula is C18H23N3O11. The van der Waals surface area contributed by atoms with Crippen LogP contribution in [-0.4, -0.2) is 72.8 Å². The van der Waals surface area contributed by atoms with Crippen molar-refractivity contribution in [2.45, 2.75) is 50.4 Å². The minimum Gasteiger partial charge on any atom is -0.481 e. The van der Waals surface area contributed by atoms with Crippen molar-refractivity contribution in [3.05, 3.63) is 22.7 Å². The van der Waals surface area contributed by atoms with Crippen LogP contribution in [0.25, 0.3) is 0 Å². The molecule has 32 heavy (non-hydrogen) atoms. The van der Waals surface area contributed by atoms with Gasteiger partial charge >= 0.3 is 23.6 Å². The van der Waals surface area contributed by atoms with Crippen LogP contribution in [0.4, 0.5) is 5.82 Å². The van der Waals surface area contributed by atoms with Crippen molar-refractivity contribution in [2.75, 3.05) is 11.9 Å². The normalized spacial score (nSPS) is 18.9. The number of aliphatic carboxylic acids is 2. The predicted octanol–water partition coefficient (Wildman–Crippen LogP) is -0.765. The maximum absolute atomic E-state index is 12.2. The van der Waals surface area contributed by atoms with Gasteiger partial charge in [-0.25, -0.2) is 9.68 Å². The summed E-state index contributed by atoms with van der Waals surface area (Å²) in [6.07, 6.45) is -2.39. The monoisotopic (exact) mass is 457 g/mol. The number of aliphatic hydroxyl groups excluding tert-OH is 1. The molecule has 14 nitrogen and oxygen atoms in total. The Kier molecular flexibility index (Phi) is 8.80. The second kappa shape index (κ2) is 11.3. The Morgan fingerprint density at radius 3 is 2.41 bits per heavy atom. The van der Waals surface area contributed by atoms with Gasteiger partial charge in [-0.15, -0.1) is 0 Å². The first-order chi connectivity index (χ1) is 15.1. The summed E-state index contributed by atoms with van der Waals surface area (Å²) in [5.74, 6) is -4.35. The van der Waals surface area contributed by atoms with Gasteiger partial charge in [0.1, 0.15) is 12.4 Å². The molecule has 1 fully saturated rings. The summed E-state index contributed by atoms with van der Waals surface area (Å²) < 4.78 is 6.01. The number of carboxylic acid groups (broad SMARTS) is 2. The second-order valence-corrected chi connectivity index (χ2v) is 7.12. The molecule has 14 heteroatoms. The quantitative estimate of drug-likeness (QED) is 0.140. The van der Waals surface area contributed by atoms with Gasteiger partial charge in [0.25, 0.3) is 0 Å². The molecule has 0 aliphatic heterocycles. The highest BCUT2D eigenvalue weighted by molar-refractivity contribution is 5.91. The van der Waals surface area contributed by atoms with Crippen molar-refractivity contribution in [1.29, 1.82) is 0 Å². The Morgan fingerprint density at radius 2 is 1.81 bits per heavy atom. The van der Waals surface area contributed by atoms with Crippen LogP contribution < -0.4 is 11.0 Å². The molecule has 5 N–H and O–H groups in total. The number of aromatic nitrogens is 2. The third kappa shape index (κ3) is 7.40. The fraction of sp³-hybridized carbons (Fsp3) is 0.556. The number of hydrogen-bond donors (Lipinski definition) is 5. The maximum Gasteiger partial charge on any atom is 0.349 e. The number of hydrogen-bond acceptors (Lipinski definition) is 10. The Labute approximate surface area is 180 Å². The zero-order valence-electron chi connectivity index (χ0n) is 16.7. The standard InChI is InChI=1S/C18H23N3O11/c22-13(1-2-14(23)24)19-12-5-6-21(18(29)20-12)10-7-9(10)17(28)11(32-30)8-31-16(27)4-3-15(25)26/h5-6,9-11,17,28,30H,1-4,7-8H2,(H,23,24)(H,25,26)(H,19,20,22,29). The first kappa shape index (κ1) is 24.9. The van der Waals surface area contributed by atoms with Crippen LogP contribution in [0, 0.1) is 5.92 Å². The van der Waals surface area contributed by atoms with Crippen molar-refractivity contribution < 1.29 is 49.4 Å². The Balaban J connectivity index is 1.90. The van der Waals surface area contributed by atoms with Crippen molar-refractivity contribution >= 4 is 29.6 Å². The lowest BCUT2D eigenvalue weighted by Gasteiger charge is -2.20. The molecule has 1 amide bonds. The number of nitrogens with zero attached hydrogens (tertiary/aromatic N) is 2. The summed E-state index contributed by atoms with van der Waals surface area (Å²) in [5, 5.41) is 38.8. The van der Waals surface area contributed by atoms with Crippen LogP contribution in [-0.2, 0) is 28.8 Å². The summed E-state index contributed by atoms with van der Waals surface area (Å²) in [6, 6.07) is 0.855. The van der Waals surface area contributed by atoms with E-state index in [4.69, 9.17) is 20.2 Å². The van der Waals surface area contributed by atoms with Crippen LogP contribution in [0.3, 0.4) is 0 Å². The van der Waals surface area contributed by atoms with E-state index in [2.05, 4.69) is 15.2 Å². The number of aliphatic hydroxyl groups is 1. The molecule has 176 valence electrons. The summed E-state index contributed by atoms with van der Waals surface area (Å²) in [6.45, 7) is -0.520. The number of rotatable bonds is 13. The lowest BCUT2D eigenvalue weighted by molar-refractivity contribution is -0.305. The average Bonchev–Trinajstić information content (AvgIpc) is 3.51. The van der Waals surface area contributed by atoms with E-state index in [1.54, 1.807) is 0 Å². The predicted molar refractivity (Wildman–Crippen MR) is 102 cm³/mol. The molecule has 0 aromatic carbocycles. The molecule has 0 saturated heterocycles. The fourth-order valence-electron chi connectivity index (χ4n) is 2.97. The largest absolute Gasteiger partial charge is 0.481 e. The van der Waals surface area contributed by atoms with E-state index < -0.39 is 66.7 Å². The third-order valence-corrected chi connectivity index (χ3v) is 4.73. The molecule has 1 heterocycles. The van der Waals surface area contributed by atoms with Crippen LogP contribution in [0.1, 0.15) is 38.1 Å². The lowest BCUT2D eigenvalue weighted by atomic mass is 10.1. The van der Waals surface area contributed by atoms with Crippen molar-refractivity contribution in [3.8, 4) is 0 Å². The minimum atomic E-state index is -1.31. The second-order valence-electron chi connectivity index (χ2n) is 7.12. The van der Waals surface area contributed by atoms with Gasteiger partial charge in [-0.05, 0) is 12.5 Å². The van der Waals surface area contributed by atoms with Crippen LogP contribution >= 0.6 is 0 Å². The summed E-state index contributed by atoms with van der Waals surface area (Å²) in [7, 11) is 0. The summed E-state index contributed by atoms with van der Waals surface area (Å²) in [4.78, 5) is 64.1. The Hall–Kier alpha value is -3.36. The molecule has 1 aliphatic carbocycles. The van der Waals surface area contributed by atoms with Crippen molar-refractivity contribution in [2.24, 2.45) is 5.92 Å². The van der Waals surface area contributed by atoms with E-state index in [-0.39, 0.29) is 25.1 Å². The Morgan fingerprint density at radius 1 is 1.16 bits per heavy atom. The number of carbonyl (C=O) groups is 4. The van der Waals surface area contributed by atoms with E-state index in [1.165, 1.54) is 16.8 Å². The zero-order valence-corrected chi connectivity index (χ0v) is 16.7. The van der Waals surface area contributed by atoms with E-state index in [0.29, 0.717) is 6.42 Å². The number of nitrogens with one attached hydrogen (secondary N) is 1.